The van der Waals surface area contributed by atoms with Crippen molar-refractivity contribution in [2.45, 2.75) is 51.8 Å². The summed E-state index contributed by atoms with van der Waals surface area (Å²) in [6.07, 6.45) is 3.48. The molecule has 2 atom stereocenters. The first-order chi connectivity index (χ1) is 14.1. The molecule has 2 aliphatic rings. The van der Waals surface area contributed by atoms with Crippen LogP contribution in [0, 0.1) is 11.7 Å². The molecule has 4 rings (SSSR count). The topological polar surface area (TPSA) is 60.5 Å². The van der Waals surface area contributed by atoms with E-state index in [0.717, 1.165) is 70.1 Å². The van der Waals surface area contributed by atoms with Crippen LogP contribution in [0.1, 0.15) is 45.0 Å². The molecule has 2 aliphatic heterocycles. The van der Waals surface area contributed by atoms with Crippen molar-refractivity contribution >= 4 is 5.69 Å². The third-order valence-corrected chi connectivity index (χ3v) is 6.07. The van der Waals surface area contributed by atoms with E-state index in [1.54, 1.807) is 0 Å². The second-order valence-corrected chi connectivity index (χ2v) is 8.66. The van der Waals surface area contributed by atoms with Crippen LogP contribution < -0.4 is 9.80 Å². The summed E-state index contributed by atoms with van der Waals surface area (Å²) >= 11 is 0. The van der Waals surface area contributed by atoms with Gasteiger partial charge >= 0.3 is 0 Å². The van der Waals surface area contributed by atoms with Crippen LogP contribution >= 0.6 is 0 Å². The van der Waals surface area contributed by atoms with Gasteiger partial charge in [0.2, 0.25) is 5.82 Å². The van der Waals surface area contributed by atoms with Crippen molar-refractivity contribution < 1.29 is 14.0 Å². The van der Waals surface area contributed by atoms with E-state index in [1.807, 2.05) is 16.8 Å². The zero-order valence-electron chi connectivity index (χ0n) is 17.4. The number of rotatable bonds is 7. The van der Waals surface area contributed by atoms with Gasteiger partial charge in [-0.1, -0.05) is 13.8 Å². The maximum atomic E-state index is 13.2. The Hall–Kier alpha value is -2.06. The first kappa shape index (κ1) is 20.2. The maximum absolute atomic E-state index is 13.2. The van der Waals surface area contributed by atoms with Crippen LogP contribution in [0.5, 0.6) is 0 Å². The molecule has 0 radical (unpaired) electrons. The number of aromatic nitrogens is 4. The number of tetrazole rings is 1. The molecular weight excluding hydrogens is 371 g/mol. The molecule has 1 aromatic carbocycles. The van der Waals surface area contributed by atoms with Crippen molar-refractivity contribution in [2.24, 2.45) is 5.92 Å². The van der Waals surface area contributed by atoms with E-state index >= 15 is 0 Å². The van der Waals surface area contributed by atoms with Gasteiger partial charge in [-0.15, -0.1) is 5.10 Å². The van der Waals surface area contributed by atoms with E-state index in [2.05, 4.69) is 34.3 Å². The highest BCUT2D eigenvalue weighted by molar-refractivity contribution is 5.46. The standard InChI is InChI=1S/C21H31FN6O/c1-16(2)14-20(21-23-24-25-28(21)15-19-4-3-13-29-19)27-11-9-26(10-12-27)18-7-5-17(22)6-8-18/h5-8,16,19-20H,3-4,9-15H2,1-2H3/p+1/t19-,20-/m1/s1. The van der Waals surface area contributed by atoms with Crippen LogP contribution in [0.25, 0.3) is 0 Å². The van der Waals surface area contributed by atoms with Crippen molar-refractivity contribution in [1.82, 2.24) is 20.2 Å². The van der Waals surface area contributed by atoms with E-state index < -0.39 is 0 Å². The first-order valence-electron chi connectivity index (χ1n) is 10.8. The zero-order valence-corrected chi connectivity index (χ0v) is 17.4. The van der Waals surface area contributed by atoms with Crippen molar-refractivity contribution in [3.05, 3.63) is 35.9 Å². The molecule has 2 fully saturated rings. The number of nitrogens with zero attached hydrogens (tertiary/aromatic N) is 5. The Bertz CT molecular complexity index is 766. The van der Waals surface area contributed by atoms with Gasteiger partial charge in [-0.2, -0.15) is 0 Å². The molecule has 1 N–H and O–H groups in total. The smallest absolute Gasteiger partial charge is 0.209 e. The van der Waals surface area contributed by atoms with Crippen LogP contribution in [0.15, 0.2) is 24.3 Å². The lowest BCUT2D eigenvalue weighted by molar-refractivity contribution is -0.934. The number of nitrogens with one attached hydrogen (secondary N) is 1. The highest BCUT2D eigenvalue weighted by Gasteiger charge is 2.34. The number of quaternary nitrogens is 1. The molecule has 0 aliphatic carbocycles. The summed E-state index contributed by atoms with van der Waals surface area (Å²) in [4.78, 5) is 3.87. The number of benzene rings is 1. The lowest BCUT2D eigenvalue weighted by Crippen LogP contribution is -3.15. The van der Waals surface area contributed by atoms with Crippen molar-refractivity contribution in [3.63, 3.8) is 0 Å². The molecular formula is C21H32FN6O+. The fourth-order valence-electron chi connectivity index (χ4n) is 4.55. The molecule has 0 saturated carbocycles. The molecule has 0 unspecified atom stereocenters. The Morgan fingerprint density at radius 2 is 1.97 bits per heavy atom. The monoisotopic (exact) mass is 403 g/mol. The van der Waals surface area contributed by atoms with Gasteiger partial charge in [0.25, 0.3) is 0 Å². The summed E-state index contributed by atoms with van der Waals surface area (Å²) in [6, 6.07) is 7.09. The number of ether oxygens (including phenoxy) is 1. The summed E-state index contributed by atoms with van der Waals surface area (Å²) in [5, 5.41) is 12.7. The number of piperazine rings is 1. The summed E-state index contributed by atoms with van der Waals surface area (Å²) in [7, 11) is 0. The van der Waals surface area contributed by atoms with Gasteiger partial charge in [-0.25, -0.2) is 9.07 Å². The number of anilines is 1. The molecule has 3 heterocycles. The Morgan fingerprint density at radius 1 is 1.21 bits per heavy atom. The van der Waals surface area contributed by atoms with Crippen LogP contribution in [0.4, 0.5) is 10.1 Å². The van der Waals surface area contributed by atoms with E-state index in [-0.39, 0.29) is 18.0 Å². The van der Waals surface area contributed by atoms with E-state index in [9.17, 15) is 4.39 Å². The minimum atomic E-state index is -0.187. The Balaban J connectivity index is 1.45. The number of halogens is 1. The molecule has 158 valence electrons. The van der Waals surface area contributed by atoms with Crippen LogP contribution in [0.2, 0.25) is 0 Å². The van der Waals surface area contributed by atoms with Crippen LogP contribution in [-0.2, 0) is 11.3 Å². The van der Waals surface area contributed by atoms with E-state index in [0.29, 0.717) is 5.92 Å². The van der Waals surface area contributed by atoms with Gasteiger partial charge in [0.15, 0.2) is 0 Å². The second-order valence-electron chi connectivity index (χ2n) is 8.66. The van der Waals surface area contributed by atoms with Crippen LogP contribution in [-0.4, -0.2) is 59.1 Å². The molecule has 0 bridgehead atoms. The molecule has 2 saturated heterocycles. The van der Waals surface area contributed by atoms with Gasteiger partial charge < -0.3 is 14.5 Å². The zero-order chi connectivity index (χ0) is 20.2. The first-order valence-corrected chi connectivity index (χ1v) is 10.8. The van der Waals surface area contributed by atoms with Crippen molar-refractivity contribution in [2.75, 3.05) is 37.7 Å². The quantitative estimate of drug-likeness (QED) is 0.759. The summed E-state index contributed by atoms with van der Waals surface area (Å²) in [5.41, 5.74) is 1.09. The number of hydrogen-bond donors (Lipinski definition) is 1. The van der Waals surface area contributed by atoms with Crippen molar-refractivity contribution in [1.29, 1.82) is 0 Å². The largest absolute Gasteiger partial charge is 0.376 e. The van der Waals surface area contributed by atoms with E-state index in [4.69, 9.17) is 4.74 Å². The predicted molar refractivity (Wildman–Crippen MR) is 108 cm³/mol. The Morgan fingerprint density at radius 3 is 2.62 bits per heavy atom. The molecule has 0 spiro atoms. The highest BCUT2D eigenvalue weighted by Crippen LogP contribution is 2.20. The van der Waals surface area contributed by atoms with Gasteiger partial charge in [0, 0.05) is 18.7 Å². The van der Waals surface area contributed by atoms with Crippen molar-refractivity contribution in [3.8, 4) is 0 Å². The normalized spacial score (nSPS) is 21.8. The van der Waals surface area contributed by atoms with E-state index in [1.165, 1.54) is 17.0 Å². The van der Waals surface area contributed by atoms with Gasteiger partial charge in [0.05, 0.1) is 38.8 Å². The summed E-state index contributed by atoms with van der Waals surface area (Å²) in [6.45, 7) is 10.0. The molecule has 8 heteroatoms. The Labute approximate surface area is 171 Å². The number of hydrogen-bond acceptors (Lipinski definition) is 5. The van der Waals surface area contributed by atoms with Gasteiger partial charge in [-0.3, -0.25) is 0 Å². The van der Waals surface area contributed by atoms with Gasteiger partial charge in [-0.05, 0) is 53.5 Å². The minimum Gasteiger partial charge on any atom is -0.376 e. The third-order valence-electron chi connectivity index (χ3n) is 6.07. The predicted octanol–water partition coefficient (Wildman–Crippen LogP) is 1.48. The second kappa shape index (κ2) is 9.17. The molecule has 7 nitrogen and oxygen atoms in total. The lowest BCUT2D eigenvalue weighted by Gasteiger charge is -2.37. The Kier molecular flexibility index (Phi) is 6.40. The highest BCUT2D eigenvalue weighted by atomic mass is 19.1. The lowest BCUT2D eigenvalue weighted by atomic mass is 10.0. The summed E-state index contributed by atoms with van der Waals surface area (Å²) < 4.78 is 21.0. The molecule has 2 aromatic rings. The molecule has 1 aromatic heterocycles. The van der Waals surface area contributed by atoms with Gasteiger partial charge in [0.1, 0.15) is 11.9 Å². The SMILES string of the molecule is CC(C)C[C@H](c1nnnn1C[C@H]1CCCO1)[NH+]1CCN(c2ccc(F)cc2)CC1. The summed E-state index contributed by atoms with van der Waals surface area (Å²) in [5.74, 6) is 1.36. The third kappa shape index (κ3) is 4.93. The maximum Gasteiger partial charge on any atom is 0.209 e. The molecule has 0 amide bonds. The fourth-order valence-corrected chi connectivity index (χ4v) is 4.55. The average molecular weight is 404 g/mol. The average Bonchev–Trinajstić information content (AvgIpc) is 3.39. The van der Waals surface area contributed by atoms with Crippen LogP contribution in [0.3, 0.4) is 0 Å². The molecule has 29 heavy (non-hydrogen) atoms. The fraction of sp³-hybridized carbons (Fsp3) is 0.667. The minimum absolute atomic E-state index is 0.187.